The van der Waals surface area contributed by atoms with Gasteiger partial charge < -0.3 is 31.1 Å². The minimum Gasteiger partial charge on any atom is -0.481 e. The standard InChI is InChI=1S/C16H24N2O10S2/c19-11(3-1-5-13(21)22)17-9(15(25)26)7-29-30-8-10(16(27)28)18-12(20)4-2-6-14(23)24/h9-10H,1-8H2,(H,17,19)(H,18,20)(H,21,22)(H,23,24)(H,25,26)(H,27,28)/t9-,10-/m0/s1. The van der Waals surface area contributed by atoms with Crippen LogP contribution in [0.4, 0.5) is 0 Å². The Hall–Kier alpha value is -2.48. The van der Waals surface area contributed by atoms with Crippen molar-refractivity contribution in [2.45, 2.75) is 50.6 Å². The molecule has 0 aliphatic rings. The summed E-state index contributed by atoms with van der Waals surface area (Å²) in [4.78, 5) is 66.6. The van der Waals surface area contributed by atoms with Gasteiger partial charge in [0, 0.05) is 37.2 Å². The van der Waals surface area contributed by atoms with E-state index in [0.29, 0.717) is 0 Å². The molecular formula is C16H24N2O10S2. The van der Waals surface area contributed by atoms with Crippen LogP contribution in [0.2, 0.25) is 0 Å². The molecule has 12 nitrogen and oxygen atoms in total. The van der Waals surface area contributed by atoms with Gasteiger partial charge in [0.1, 0.15) is 12.1 Å². The van der Waals surface area contributed by atoms with E-state index in [2.05, 4.69) is 10.6 Å². The predicted octanol–water partition coefficient (Wildman–Crippen LogP) is 0.0164. The minimum absolute atomic E-state index is 0.0713. The highest BCUT2D eigenvalue weighted by atomic mass is 33.1. The number of carboxylic acids is 4. The summed E-state index contributed by atoms with van der Waals surface area (Å²) in [7, 11) is 1.98. The van der Waals surface area contributed by atoms with Gasteiger partial charge in [0.15, 0.2) is 0 Å². The number of nitrogens with one attached hydrogen (secondary N) is 2. The number of carbonyl (C=O) groups excluding carboxylic acids is 2. The summed E-state index contributed by atoms with van der Waals surface area (Å²) >= 11 is 0. The number of amides is 2. The van der Waals surface area contributed by atoms with Gasteiger partial charge >= 0.3 is 23.9 Å². The van der Waals surface area contributed by atoms with Crippen LogP contribution >= 0.6 is 21.6 Å². The molecular weight excluding hydrogens is 444 g/mol. The lowest BCUT2D eigenvalue weighted by Gasteiger charge is -2.16. The molecule has 0 radical (unpaired) electrons. The van der Waals surface area contributed by atoms with Crippen LogP contribution in [0.5, 0.6) is 0 Å². The van der Waals surface area contributed by atoms with Gasteiger partial charge in [-0.15, -0.1) is 0 Å². The fourth-order valence-electron chi connectivity index (χ4n) is 1.92. The van der Waals surface area contributed by atoms with Crippen LogP contribution in [0.15, 0.2) is 0 Å². The van der Waals surface area contributed by atoms with Crippen molar-refractivity contribution in [1.29, 1.82) is 0 Å². The van der Waals surface area contributed by atoms with E-state index in [0.717, 1.165) is 21.6 Å². The molecule has 0 saturated carbocycles. The molecule has 0 aromatic heterocycles. The first kappa shape index (κ1) is 27.5. The van der Waals surface area contributed by atoms with Crippen LogP contribution in [0.25, 0.3) is 0 Å². The van der Waals surface area contributed by atoms with Crippen LogP contribution in [0, 0.1) is 0 Å². The maximum Gasteiger partial charge on any atom is 0.327 e. The zero-order valence-electron chi connectivity index (χ0n) is 15.9. The third-order valence-electron chi connectivity index (χ3n) is 3.41. The summed E-state index contributed by atoms with van der Waals surface area (Å²) < 4.78 is 0. The number of aliphatic carboxylic acids is 4. The Morgan fingerprint density at radius 3 is 1.20 bits per heavy atom. The van der Waals surface area contributed by atoms with Crippen LogP contribution < -0.4 is 10.6 Å². The smallest absolute Gasteiger partial charge is 0.327 e. The monoisotopic (exact) mass is 468 g/mol. The van der Waals surface area contributed by atoms with Gasteiger partial charge in [-0.25, -0.2) is 9.59 Å². The quantitative estimate of drug-likeness (QED) is 0.123. The number of carboxylic acid groups (broad SMARTS) is 4. The average Bonchev–Trinajstić information content (AvgIpc) is 2.62. The highest BCUT2D eigenvalue weighted by molar-refractivity contribution is 8.76. The predicted molar refractivity (Wildman–Crippen MR) is 107 cm³/mol. The first-order valence-corrected chi connectivity index (χ1v) is 11.2. The molecule has 2 amide bonds. The zero-order valence-corrected chi connectivity index (χ0v) is 17.5. The fraction of sp³-hybridized carbons (Fsp3) is 0.625. The van der Waals surface area contributed by atoms with Crippen molar-refractivity contribution in [2.75, 3.05) is 11.5 Å². The molecule has 0 bridgehead atoms. The number of rotatable bonds is 17. The Bertz CT molecular complexity index is 590. The minimum atomic E-state index is -1.30. The van der Waals surface area contributed by atoms with Crippen molar-refractivity contribution in [2.24, 2.45) is 0 Å². The van der Waals surface area contributed by atoms with Gasteiger partial charge in [-0.2, -0.15) is 0 Å². The largest absolute Gasteiger partial charge is 0.481 e. The van der Waals surface area contributed by atoms with E-state index >= 15 is 0 Å². The Balaban J connectivity index is 4.34. The molecule has 0 aliphatic heterocycles. The van der Waals surface area contributed by atoms with Crippen molar-refractivity contribution in [3.05, 3.63) is 0 Å². The van der Waals surface area contributed by atoms with Crippen LogP contribution in [0.1, 0.15) is 38.5 Å². The van der Waals surface area contributed by atoms with Gasteiger partial charge in [-0.05, 0) is 12.8 Å². The Morgan fingerprint density at radius 2 is 0.933 bits per heavy atom. The van der Waals surface area contributed by atoms with E-state index in [1.54, 1.807) is 0 Å². The third kappa shape index (κ3) is 14.5. The second-order valence-corrected chi connectivity index (χ2v) is 8.53. The van der Waals surface area contributed by atoms with Gasteiger partial charge in [0.05, 0.1) is 0 Å². The summed E-state index contributed by atoms with van der Waals surface area (Å²) in [6.07, 6.45) is -0.557. The van der Waals surface area contributed by atoms with Crippen molar-refractivity contribution in [1.82, 2.24) is 10.6 Å². The molecule has 0 rings (SSSR count). The molecule has 0 aromatic carbocycles. The van der Waals surface area contributed by atoms with E-state index in [1.807, 2.05) is 0 Å². The molecule has 6 N–H and O–H groups in total. The zero-order chi connectivity index (χ0) is 23.1. The van der Waals surface area contributed by atoms with Gasteiger partial charge in [0.25, 0.3) is 0 Å². The van der Waals surface area contributed by atoms with Crippen molar-refractivity contribution < 1.29 is 49.2 Å². The molecule has 0 unspecified atom stereocenters. The number of carbonyl (C=O) groups is 6. The summed E-state index contributed by atoms with van der Waals surface area (Å²) in [5.74, 6) is -6.09. The van der Waals surface area contributed by atoms with Gasteiger partial charge in [0.2, 0.25) is 11.8 Å². The Morgan fingerprint density at radius 1 is 0.600 bits per heavy atom. The molecule has 0 aliphatic carbocycles. The van der Waals surface area contributed by atoms with Crippen LogP contribution in [-0.4, -0.2) is 79.7 Å². The molecule has 14 heteroatoms. The van der Waals surface area contributed by atoms with E-state index in [-0.39, 0.29) is 50.0 Å². The van der Waals surface area contributed by atoms with Crippen LogP contribution in [0.3, 0.4) is 0 Å². The SMILES string of the molecule is O=C(O)CCCC(=O)N[C@@H](CSSC[C@H](NC(=O)CCCC(=O)O)C(=O)O)C(=O)O. The third-order valence-corrected chi connectivity index (χ3v) is 5.83. The molecule has 0 fully saturated rings. The van der Waals surface area contributed by atoms with Crippen molar-refractivity contribution >= 4 is 57.3 Å². The fourth-order valence-corrected chi connectivity index (χ4v) is 4.23. The summed E-state index contributed by atoms with van der Waals surface area (Å²) in [5, 5.41) is 39.9. The van der Waals surface area contributed by atoms with Crippen molar-refractivity contribution in [3.8, 4) is 0 Å². The molecule has 170 valence electrons. The highest BCUT2D eigenvalue weighted by Gasteiger charge is 2.23. The van der Waals surface area contributed by atoms with E-state index in [9.17, 15) is 28.8 Å². The average molecular weight is 469 g/mol. The normalized spacial score (nSPS) is 12.4. The molecule has 30 heavy (non-hydrogen) atoms. The number of hydrogen-bond acceptors (Lipinski definition) is 8. The van der Waals surface area contributed by atoms with E-state index < -0.39 is 47.8 Å². The molecule has 2 atom stereocenters. The van der Waals surface area contributed by atoms with Crippen molar-refractivity contribution in [3.63, 3.8) is 0 Å². The van der Waals surface area contributed by atoms with E-state index in [4.69, 9.17) is 20.4 Å². The van der Waals surface area contributed by atoms with E-state index in [1.165, 1.54) is 0 Å². The second kappa shape index (κ2) is 15.4. The maximum absolute atomic E-state index is 11.7. The Kier molecular flexibility index (Phi) is 14.1. The maximum atomic E-state index is 11.7. The topological polar surface area (TPSA) is 207 Å². The molecule has 0 aromatic rings. The lowest BCUT2D eigenvalue weighted by atomic mass is 10.2. The molecule has 0 heterocycles. The Labute approximate surface area is 179 Å². The molecule has 0 saturated heterocycles. The second-order valence-electron chi connectivity index (χ2n) is 5.98. The first-order chi connectivity index (χ1) is 14.0. The lowest BCUT2D eigenvalue weighted by Crippen LogP contribution is -2.43. The molecule has 0 spiro atoms. The van der Waals surface area contributed by atoms with Gasteiger partial charge in [-0.1, -0.05) is 21.6 Å². The van der Waals surface area contributed by atoms with Crippen LogP contribution in [-0.2, 0) is 28.8 Å². The summed E-state index contributed by atoms with van der Waals surface area (Å²) in [5.41, 5.74) is 0. The summed E-state index contributed by atoms with van der Waals surface area (Å²) in [6, 6.07) is -2.48. The first-order valence-electron chi connectivity index (χ1n) is 8.75. The highest BCUT2D eigenvalue weighted by Crippen LogP contribution is 2.23. The number of hydrogen-bond donors (Lipinski definition) is 6. The summed E-state index contributed by atoms with van der Waals surface area (Å²) in [6.45, 7) is 0. The van der Waals surface area contributed by atoms with Gasteiger partial charge in [-0.3, -0.25) is 19.2 Å². The lowest BCUT2D eigenvalue weighted by molar-refractivity contribution is -0.141.